The zero-order valence-corrected chi connectivity index (χ0v) is 11.4. The topological polar surface area (TPSA) is 189 Å². The third kappa shape index (κ3) is 11.3. The highest BCUT2D eigenvalue weighted by Gasteiger charge is 1.93. The maximum atomic E-state index is 9.84. The Morgan fingerprint density at radius 1 is 1.05 bits per heavy atom. The summed E-state index contributed by atoms with van der Waals surface area (Å²) in [6, 6.07) is 0. The third-order valence-electron chi connectivity index (χ3n) is 1.68. The molecular weight excluding hydrogens is 275 g/mol. The van der Waals surface area contributed by atoms with Crippen LogP contribution < -0.4 is 27.0 Å². The van der Waals surface area contributed by atoms with Crippen molar-refractivity contribution in [3.63, 3.8) is 0 Å². The van der Waals surface area contributed by atoms with Crippen molar-refractivity contribution >= 4 is 25.7 Å². The molecule has 0 spiro atoms. The Morgan fingerprint density at radius 3 is 1.79 bits per heavy atom. The first-order chi connectivity index (χ1) is 8.74. The lowest BCUT2D eigenvalue weighted by molar-refractivity contribution is -0.341. The number of aromatic nitrogens is 3. The monoisotopic (exact) mass is 292 g/mol. The number of nitrogens with two attached hydrogens (primary N) is 3. The van der Waals surface area contributed by atoms with Crippen LogP contribution in [0.2, 0.25) is 0 Å². The molecule has 0 fully saturated rings. The van der Waals surface area contributed by atoms with Crippen molar-refractivity contribution in [3.8, 4) is 0 Å². The lowest BCUT2D eigenvalue weighted by Gasteiger charge is -2.28. The molecule has 0 bridgehead atoms. The maximum Gasteiger partial charge on any atom is 0.226 e. The minimum atomic E-state index is -4.71. The van der Waals surface area contributed by atoms with E-state index in [1.807, 2.05) is 6.92 Å². The molecule has 0 saturated carbocycles. The molecule has 6 N–H and O–H groups in total. The number of hydrogen-bond donors (Lipinski definition) is 3. The molecule has 1 aromatic rings. The predicted octanol–water partition coefficient (Wildman–Crippen LogP) is -1.36. The summed E-state index contributed by atoms with van der Waals surface area (Å²) in [5, 5.41) is 0. The minimum absolute atomic E-state index is 0.0259. The molecule has 11 heteroatoms. The highest BCUT2D eigenvalue weighted by atomic mass is 31.2. The Labute approximate surface area is 110 Å². The number of phosphoric acid groups is 1. The minimum Gasteiger partial charge on any atom is -0.790 e. The van der Waals surface area contributed by atoms with Crippen LogP contribution in [-0.2, 0) is 9.09 Å². The summed E-state index contributed by atoms with van der Waals surface area (Å²) >= 11 is 0. The number of anilines is 3. The smallest absolute Gasteiger partial charge is 0.226 e. The van der Waals surface area contributed by atoms with E-state index in [1.165, 1.54) is 0 Å². The Kier molecular flexibility index (Phi) is 7.92. The molecule has 110 valence electrons. The Hall–Kier alpha value is -1.48. The SMILES string of the molecule is CCCCCOP(=O)([O-])[O-].Nc1nc(N)nc(N)n1. The molecule has 0 amide bonds. The molecule has 0 aliphatic heterocycles. The zero-order valence-electron chi connectivity index (χ0n) is 10.5. The van der Waals surface area contributed by atoms with Crippen molar-refractivity contribution < 1.29 is 18.9 Å². The second kappa shape index (κ2) is 8.59. The molecule has 19 heavy (non-hydrogen) atoms. The first kappa shape index (κ1) is 17.5. The summed E-state index contributed by atoms with van der Waals surface area (Å²) in [4.78, 5) is 30.2. The number of nitrogen functional groups attached to an aromatic ring is 3. The molecule has 1 aromatic heterocycles. The highest BCUT2D eigenvalue weighted by molar-refractivity contribution is 7.43. The van der Waals surface area contributed by atoms with Crippen molar-refractivity contribution in [3.05, 3.63) is 0 Å². The van der Waals surface area contributed by atoms with Gasteiger partial charge in [0.1, 0.15) is 0 Å². The fraction of sp³-hybridized carbons (Fsp3) is 0.625. The van der Waals surface area contributed by atoms with Crippen molar-refractivity contribution in [1.29, 1.82) is 0 Å². The fourth-order valence-corrected chi connectivity index (χ4v) is 1.31. The summed E-state index contributed by atoms with van der Waals surface area (Å²) in [7, 11) is -4.71. The zero-order chi connectivity index (χ0) is 14.9. The summed E-state index contributed by atoms with van der Waals surface area (Å²) < 4.78 is 13.8. The van der Waals surface area contributed by atoms with Gasteiger partial charge in [0.15, 0.2) is 0 Å². The van der Waals surface area contributed by atoms with Crippen LogP contribution in [0.5, 0.6) is 0 Å². The summed E-state index contributed by atoms with van der Waals surface area (Å²) in [6.07, 6.45) is 2.50. The summed E-state index contributed by atoms with van der Waals surface area (Å²) in [6.45, 7) is 2.01. The molecule has 0 aliphatic rings. The molecular formula is C8H17N6O4P-2. The van der Waals surface area contributed by atoms with Crippen LogP contribution in [0.1, 0.15) is 26.2 Å². The predicted molar refractivity (Wildman–Crippen MR) is 66.1 cm³/mol. The number of nitrogens with zero attached hydrogens (tertiary/aromatic N) is 3. The molecule has 0 atom stereocenters. The van der Waals surface area contributed by atoms with E-state index in [2.05, 4.69) is 19.5 Å². The first-order valence-corrected chi connectivity index (χ1v) is 6.89. The van der Waals surface area contributed by atoms with Crippen LogP contribution >= 0.6 is 7.82 Å². The van der Waals surface area contributed by atoms with Crippen molar-refractivity contribution in [2.24, 2.45) is 0 Å². The molecule has 0 saturated heterocycles. The van der Waals surface area contributed by atoms with Crippen LogP contribution in [0.25, 0.3) is 0 Å². The van der Waals surface area contributed by atoms with E-state index < -0.39 is 7.82 Å². The van der Waals surface area contributed by atoms with Gasteiger partial charge in [-0.1, -0.05) is 19.8 Å². The van der Waals surface area contributed by atoms with Crippen molar-refractivity contribution in [1.82, 2.24) is 15.0 Å². The lowest BCUT2D eigenvalue weighted by atomic mass is 10.3. The van der Waals surface area contributed by atoms with E-state index in [1.54, 1.807) is 0 Å². The van der Waals surface area contributed by atoms with Gasteiger partial charge >= 0.3 is 0 Å². The Balaban J connectivity index is 0.000000342. The average molecular weight is 292 g/mol. The van der Waals surface area contributed by atoms with E-state index in [4.69, 9.17) is 17.2 Å². The third-order valence-corrected chi connectivity index (χ3v) is 2.18. The second-order valence-electron chi connectivity index (χ2n) is 3.40. The summed E-state index contributed by atoms with van der Waals surface area (Å²) in [5.41, 5.74) is 15.4. The van der Waals surface area contributed by atoms with E-state index in [-0.39, 0.29) is 24.5 Å². The van der Waals surface area contributed by atoms with Gasteiger partial charge in [-0.05, 0) is 6.42 Å². The van der Waals surface area contributed by atoms with E-state index in [0.29, 0.717) is 6.42 Å². The number of unbranched alkanes of at least 4 members (excludes halogenated alkanes) is 2. The van der Waals surface area contributed by atoms with Gasteiger partial charge in [-0.3, -0.25) is 0 Å². The normalized spacial score (nSPS) is 10.7. The van der Waals surface area contributed by atoms with Gasteiger partial charge < -0.3 is 36.1 Å². The van der Waals surface area contributed by atoms with Gasteiger partial charge in [-0.2, -0.15) is 15.0 Å². The van der Waals surface area contributed by atoms with E-state index >= 15 is 0 Å². The van der Waals surface area contributed by atoms with Crippen LogP contribution in [0, 0.1) is 0 Å². The van der Waals surface area contributed by atoms with Crippen LogP contribution in [0.15, 0.2) is 0 Å². The summed E-state index contributed by atoms with van der Waals surface area (Å²) in [5.74, 6) is 0.125. The van der Waals surface area contributed by atoms with Gasteiger partial charge in [0, 0.05) is 0 Å². The maximum absolute atomic E-state index is 9.84. The Bertz CT molecular complexity index is 375. The van der Waals surface area contributed by atoms with E-state index in [9.17, 15) is 14.4 Å². The van der Waals surface area contributed by atoms with E-state index in [0.717, 1.165) is 12.8 Å². The number of phosphoric ester groups is 1. The number of hydrogen-bond acceptors (Lipinski definition) is 10. The van der Waals surface area contributed by atoms with Crippen LogP contribution in [0.4, 0.5) is 17.8 Å². The van der Waals surface area contributed by atoms with Gasteiger partial charge in [0.25, 0.3) is 0 Å². The highest BCUT2D eigenvalue weighted by Crippen LogP contribution is 2.24. The van der Waals surface area contributed by atoms with Gasteiger partial charge in [-0.15, -0.1) is 0 Å². The van der Waals surface area contributed by atoms with Crippen molar-refractivity contribution in [2.75, 3.05) is 23.8 Å². The second-order valence-corrected chi connectivity index (χ2v) is 4.55. The first-order valence-electron chi connectivity index (χ1n) is 5.43. The molecule has 1 rings (SSSR count). The average Bonchev–Trinajstić information content (AvgIpc) is 2.22. The largest absolute Gasteiger partial charge is 0.790 e. The lowest BCUT2D eigenvalue weighted by Crippen LogP contribution is -2.16. The van der Waals surface area contributed by atoms with Crippen LogP contribution in [-0.4, -0.2) is 21.6 Å². The molecule has 0 aromatic carbocycles. The molecule has 1 heterocycles. The van der Waals surface area contributed by atoms with Crippen molar-refractivity contribution in [2.45, 2.75) is 26.2 Å². The standard InChI is InChI=1S/C5H13O4P.C3H6N6/c1-2-3-4-5-9-10(6,7)8;4-1-7-2(5)9-3(6)8-1/h2-5H2,1H3,(H2,6,7,8);(H6,4,5,6,7,8,9)/p-2. The van der Waals surface area contributed by atoms with Crippen LogP contribution in [0.3, 0.4) is 0 Å². The quantitative estimate of drug-likeness (QED) is 0.431. The molecule has 0 unspecified atom stereocenters. The molecule has 0 aliphatic carbocycles. The fourth-order valence-electron chi connectivity index (χ4n) is 0.956. The molecule has 0 radical (unpaired) electrons. The van der Waals surface area contributed by atoms with Gasteiger partial charge in [0.05, 0.1) is 14.4 Å². The Morgan fingerprint density at radius 2 is 1.47 bits per heavy atom. The molecule has 10 nitrogen and oxygen atoms in total. The van der Waals surface area contributed by atoms with Gasteiger partial charge in [0.2, 0.25) is 17.8 Å². The number of rotatable bonds is 5. The van der Waals surface area contributed by atoms with Gasteiger partial charge in [-0.25, -0.2) is 0 Å².